The molecular weight excluding hydrogens is 260 g/mol. The first-order valence-corrected chi connectivity index (χ1v) is 6.19. The maximum atomic E-state index is 11.9. The quantitative estimate of drug-likeness (QED) is 0.890. The van der Waals surface area contributed by atoms with E-state index < -0.39 is 0 Å². The summed E-state index contributed by atoms with van der Waals surface area (Å²) in [6.45, 7) is 2.55. The molecule has 6 heteroatoms. The van der Waals surface area contributed by atoms with Crippen molar-refractivity contribution in [1.29, 1.82) is 0 Å². The molecule has 0 fully saturated rings. The van der Waals surface area contributed by atoms with Crippen LogP contribution in [0.3, 0.4) is 0 Å². The van der Waals surface area contributed by atoms with Gasteiger partial charge in [-0.2, -0.15) is 0 Å². The summed E-state index contributed by atoms with van der Waals surface area (Å²) in [6.07, 6.45) is 1.44. The Bertz CT molecular complexity index is 644. The molecule has 0 unspecified atom stereocenters. The predicted molar refractivity (Wildman–Crippen MR) is 73.0 cm³/mol. The number of hydrogen-bond donors (Lipinski definition) is 1. The third-order valence-electron chi connectivity index (χ3n) is 2.91. The van der Waals surface area contributed by atoms with Gasteiger partial charge in [0.1, 0.15) is 5.75 Å². The molecule has 0 aliphatic carbocycles. The molecule has 0 aliphatic rings. The number of carbonyl (C=O) groups excluding carboxylic acids is 1. The van der Waals surface area contributed by atoms with Crippen molar-refractivity contribution in [3.8, 4) is 5.75 Å². The van der Waals surface area contributed by atoms with Crippen LogP contribution in [0, 0.1) is 6.92 Å². The standard InChI is InChI=1S/C14H16N2O4/c1-10-8-11(19-2)9-13(17)16(10)6-5-15-14(18)12-4-3-7-20-12/h3-4,7-9H,5-6H2,1-2H3,(H,15,18). The number of hydrogen-bond acceptors (Lipinski definition) is 4. The smallest absolute Gasteiger partial charge is 0.287 e. The Balaban J connectivity index is 1.98. The fraction of sp³-hybridized carbons (Fsp3) is 0.286. The zero-order valence-electron chi connectivity index (χ0n) is 11.4. The fourth-order valence-corrected chi connectivity index (χ4v) is 1.88. The third-order valence-corrected chi connectivity index (χ3v) is 2.91. The Labute approximate surface area is 116 Å². The monoisotopic (exact) mass is 276 g/mol. The number of aryl methyl sites for hydroxylation is 1. The van der Waals surface area contributed by atoms with Crippen LogP contribution in [0.5, 0.6) is 5.75 Å². The molecule has 2 aromatic heterocycles. The molecule has 0 spiro atoms. The molecular formula is C14H16N2O4. The number of rotatable bonds is 5. The second kappa shape index (κ2) is 6.10. The second-order valence-electron chi connectivity index (χ2n) is 4.26. The number of nitrogens with zero attached hydrogens (tertiary/aromatic N) is 1. The molecule has 2 rings (SSSR count). The van der Waals surface area contributed by atoms with Crippen LogP contribution >= 0.6 is 0 Å². The van der Waals surface area contributed by atoms with Crippen LogP contribution in [-0.2, 0) is 6.54 Å². The molecule has 6 nitrogen and oxygen atoms in total. The van der Waals surface area contributed by atoms with Crippen LogP contribution in [0.4, 0.5) is 0 Å². The van der Waals surface area contributed by atoms with Crippen LogP contribution in [0.15, 0.2) is 39.7 Å². The Hall–Kier alpha value is -2.50. The maximum absolute atomic E-state index is 11.9. The van der Waals surface area contributed by atoms with Gasteiger partial charge in [-0.15, -0.1) is 0 Å². The van der Waals surface area contributed by atoms with E-state index in [2.05, 4.69) is 5.32 Å². The van der Waals surface area contributed by atoms with Gasteiger partial charge in [0.25, 0.3) is 11.5 Å². The van der Waals surface area contributed by atoms with E-state index in [-0.39, 0.29) is 17.2 Å². The van der Waals surface area contributed by atoms with Gasteiger partial charge in [0.15, 0.2) is 5.76 Å². The first-order chi connectivity index (χ1) is 9.61. The molecule has 106 valence electrons. The average Bonchev–Trinajstić information content (AvgIpc) is 2.95. The Kier molecular flexibility index (Phi) is 4.24. The molecule has 0 bridgehead atoms. The molecule has 2 heterocycles. The Morgan fingerprint density at radius 3 is 2.85 bits per heavy atom. The van der Waals surface area contributed by atoms with E-state index in [0.717, 1.165) is 5.69 Å². The second-order valence-corrected chi connectivity index (χ2v) is 4.26. The van der Waals surface area contributed by atoms with Crippen LogP contribution < -0.4 is 15.6 Å². The summed E-state index contributed by atoms with van der Waals surface area (Å²) < 4.78 is 11.6. The van der Waals surface area contributed by atoms with Gasteiger partial charge in [0.2, 0.25) is 0 Å². The molecule has 0 aliphatic heterocycles. The number of pyridine rings is 1. The topological polar surface area (TPSA) is 73.5 Å². The highest BCUT2D eigenvalue weighted by molar-refractivity contribution is 5.91. The molecule has 0 aromatic carbocycles. The van der Waals surface area contributed by atoms with E-state index in [9.17, 15) is 9.59 Å². The number of ether oxygens (including phenoxy) is 1. The number of amides is 1. The van der Waals surface area contributed by atoms with Crippen LogP contribution in [0.1, 0.15) is 16.2 Å². The van der Waals surface area contributed by atoms with Crippen LogP contribution in [0.25, 0.3) is 0 Å². The van der Waals surface area contributed by atoms with Crippen molar-refractivity contribution in [2.24, 2.45) is 0 Å². The number of nitrogens with one attached hydrogen (secondary N) is 1. The predicted octanol–water partition coefficient (Wildman–Crippen LogP) is 1.19. The van der Waals surface area contributed by atoms with Gasteiger partial charge in [-0.05, 0) is 25.1 Å². The average molecular weight is 276 g/mol. The van der Waals surface area contributed by atoms with Gasteiger partial charge in [-0.25, -0.2) is 0 Å². The number of aromatic nitrogens is 1. The summed E-state index contributed by atoms with van der Waals surface area (Å²) in [4.78, 5) is 23.5. The summed E-state index contributed by atoms with van der Waals surface area (Å²) in [5.74, 6) is 0.487. The minimum Gasteiger partial charge on any atom is -0.496 e. The summed E-state index contributed by atoms with van der Waals surface area (Å²) >= 11 is 0. The lowest BCUT2D eigenvalue weighted by atomic mass is 10.3. The Morgan fingerprint density at radius 1 is 1.45 bits per heavy atom. The zero-order valence-corrected chi connectivity index (χ0v) is 11.4. The van der Waals surface area contributed by atoms with E-state index in [1.165, 1.54) is 19.4 Å². The van der Waals surface area contributed by atoms with Crippen LogP contribution in [-0.4, -0.2) is 24.1 Å². The van der Waals surface area contributed by atoms with E-state index in [0.29, 0.717) is 18.8 Å². The zero-order chi connectivity index (χ0) is 14.5. The molecule has 0 saturated heterocycles. The first kappa shape index (κ1) is 13.9. The fourth-order valence-electron chi connectivity index (χ4n) is 1.88. The van der Waals surface area contributed by atoms with Crippen molar-refractivity contribution in [2.75, 3.05) is 13.7 Å². The van der Waals surface area contributed by atoms with Crippen molar-refractivity contribution >= 4 is 5.91 Å². The highest BCUT2D eigenvalue weighted by atomic mass is 16.5. The van der Waals surface area contributed by atoms with Crippen molar-refractivity contribution in [2.45, 2.75) is 13.5 Å². The SMILES string of the molecule is COc1cc(C)n(CCNC(=O)c2ccco2)c(=O)c1. The molecule has 0 saturated carbocycles. The molecule has 0 atom stereocenters. The molecule has 1 amide bonds. The van der Waals surface area contributed by atoms with E-state index in [4.69, 9.17) is 9.15 Å². The van der Waals surface area contributed by atoms with Crippen molar-refractivity contribution in [1.82, 2.24) is 9.88 Å². The summed E-state index contributed by atoms with van der Waals surface area (Å²) in [5.41, 5.74) is 0.621. The lowest BCUT2D eigenvalue weighted by Crippen LogP contribution is -2.31. The van der Waals surface area contributed by atoms with Crippen molar-refractivity contribution in [3.05, 3.63) is 52.3 Å². The minimum atomic E-state index is -0.297. The van der Waals surface area contributed by atoms with Gasteiger partial charge in [-0.3, -0.25) is 9.59 Å². The highest BCUT2D eigenvalue weighted by Gasteiger charge is 2.08. The van der Waals surface area contributed by atoms with E-state index >= 15 is 0 Å². The molecule has 2 aromatic rings. The lowest BCUT2D eigenvalue weighted by molar-refractivity contribution is 0.0924. The van der Waals surface area contributed by atoms with Crippen molar-refractivity contribution in [3.63, 3.8) is 0 Å². The van der Waals surface area contributed by atoms with E-state index in [1.54, 1.807) is 22.8 Å². The van der Waals surface area contributed by atoms with Gasteiger partial charge in [-0.1, -0.05) is 0 Å². The summed E-state index contributed by atoms with van der Waals surface area (Å²) in [7, 11) is 1.52. The highest BCUT2D eigenvalue weighted by Crippen LogP contribution is 2.08. The van der Waals surface area contributed by atoms with Gasteiger partial charge < -0.3 is 19.0 Å². The number of carbonyl (C=O) groups is 1. The normalized spacial score (nSPS) is 10.3. The molecule has 1 N–H and O–H groups in total. The lowest BCUT2D eigenvalue weighted by Gasteiger charge is -2.11. The first-order valence-electron chi connectivity index (χ1n) is 6.19. The number of methoxy groups -OCH3 is 1. The van der Waals surface area contributed by atoms with Gasteiger partial charge >= 0.3 is 0 Å². The minimum absolute atomic E-state index is 0.158. The Morgan fingerprint density at radius 2 is 2.25 bits per heavy atom. The largest absolute Gasteiger partial charge is 0.496 e. The van der Waals surface area contributed by atoms with Crippen molar-refractivity contribution < 1.29 is 13.9 Å². The molecule has 0 radical (unpaired) electrons. The van der Waals surface area contributed by atoms with Crippen LogP contribution in [0.2, 0.25) is 0 Å². The molecule has 20 heavy (non-hydrogen) atoms. The summed E-state index contributed by atoms with van der Waals surface area (Å²) in [6, 6.07) is 6.42. The summed E-state index contributed by atoms with van der Waals surface area (Å²) in [5, 5.41) is 2.69. The van der Waals surface area contributed by atoms with Gasteiger partial charge in [0.05, 0.1) is 13.4 Å². The van der Waals surface area contributed by atoms with Gasteiger partial charge in [0, 0.05) is 24.8 Å². The third kappa shape index (κ3) is 3.09. The number of furan rings is 1. The maximum Gasteiger partial charge on any atom is 0.287 e. The van der Waals surface area contributed by atoms with E-state index in [1.807, 2.05) is 6.92 Å².